The fourth-order valence-electron chi connectivity index (χ4n) is 3.60. The van der Waals surface area contributed by atoms with E-state index in [2.05, 4.69) is 33.9 Å². The number of nitrogens with zero attached hydrogens (tertiary/aromatic N) is 4. The number of rotatable bonds is 4. The molecule has 2 aliphatic heterocycles. The van der Waals surface area contributed by atoms with Crippen LogP contribution in [0.25, 0.3) is 0 Å². The van der Waals surface area contributed by atoms with E-state index in [1.807, 2.05) is 6.92 Å². The highest BCUT2D eigenvalue weighted by atomic mass is 15.3. The van der Waals surface area contributed by atoms with Gasteiger partial charge in [-0.25, -0.2) is 9.97 Å². The second-order valence-electron chi connectivity index (χ2n) is 6.23. The molecule has 3 heterocycles. The molecule has 0 bridgehead atoms. The van der Waals surface area contributed by atoms with E-state index in [0.29, 0.717) is 6.04 Å². The predicted octanol–water partition coefficient (Wildman–Crippen LogP) is 2.20. The van der Waals surface area contributed by atoms with Gasteiger partial charge in [-0.3, -0.25) is 4.90 Å². The van der Waals surface area contributed by atoms with E-state index in [-0.39, 0.29) is 0 Å². The van der Waals surface area contributed by atoms with Gasteiger partial charge >= 0.3 is 0 Å². The van der Waals surface area contributed by atoms with Gasteiger partial charge in [0.2, 0.25) is 0 Å². The third kappa shape index (κ3) is 2.98. The molecule has 2 fully saturated rings. The van der Waals surface area contributed by atoms with Gasteiger partial charge in [0.15, 0.2) is 0 Å². The molecule has 0 amide bonds. The van der Waals surface area contributed by atoms with Gasteiger partial charge in [0.1, 0.15) is 17.5 Å². The van der Waals surface area contributed by atoms with Crippen molar-refractivity contribution in [3.8, 4) is 0 Å². The maximum absolute atomic E-state index is 4.71. The Morgan fingerprint density at radius 3 is 2.62 bits per heavy atom. The minimum atomic E-state index is 0.713. The van der Waals surface area contributed by atoms with Gasteiger partial charge in [0.25, 0.3) is 0 Å². The molecular formula is C16H27N5. The monoisotopic (exact) mass is 289 g/mol. The molecule has 0 saturated carbocycles. The summed E-state index contributed by atoms with van der Waals surface area (Å²) in [4.78, 5) is 14.4. The number of aromatic nitrogens is 2. The molecule has 0 aliphatic carbocycles. The summed E-state index contributed by atoms with van der Waals surface area (Å²) in [7, 11) is 0. The zero-order chi connectivity index (χ0) is 14.8. The van der Waals surface area contributed by atoms with Crippen LogP contribution in [0.5, 0.6) is 0 Å². The van der Waals surface area contributed by atoms with Crippen molar-refractivity contribution in [1.29, 1.82) is 0 Å². The summed E-state index contributed by atoms with van der Waals surface area (Å²) in [5.74, 6) is 2.97. The Labute approximate surface area is 127 Å². The Bertz CT molecular complexity index is 496. The molecule has 1 atom stereocenters. The number of aryl methyl sites for hydroxylation is 1. The van der Waals surface area contributed by atoms with Crippen LogP contribution in [0, 0.1) is 13.8 Å². The van der Waals surface area contributed by atoms with E-state index >= 15 is 0 Å². The van der Waals surface area contributed by atoms with E-state index in [0.717, 1.165) is 37.1 Å². The predicted molar refractivity (Wildman–Crippen MR) is 87.1 cm³/mol. The highest BCUT2D eigenvalue weighted by molar-refractivity contribution is 5.59. The Kier molecular flexibility index (Phi) is 4.29. The van der Waals surface area contributed by atoms with Gasteiger partial charge in [-0.15, -0.1) is 0 Å². The molecule has 2 saturated heterocycles. The number of hydrogen-bond acceptors (Lipinski definition) is 5. The van der Waals surface area contributed by atoms with E-state index in [9.17, 15) is 0 Å². The quantitative estimate of drug-likeness (QED) is 0.920. The van der Waals surface area contributed by atoms with Gasteiger partial charge < -0.3 is 10.2 Å². The summed E-state index contributed by atoms with van der Waals surface area (Å²) < 4.78 is 0. The second-order valence-corrected chi connectivity index (χ2v) is 6.23. The fraction of sp³-hybridized carbons (Fsp3) is 0.750. The summed E-state index contributed by atoms with van der Waals surface area (Å²) in [6, 6.07) is 0.713. The van der Waals surface area contributed by atoms with Gasteiger partial charge in [-0.05, 0) is 53.1 Å². The van der Waals surface area contributed by atoms with Gasteiger partial charge in [-0.1, -0.05) is 0 Å². The van der Waals surface area contributed by atoms with Crippen LogP contribution < -0.4 is 10.2 Å². The summed E-state index contributed by atoms with van der Waals surface area (Å²) in [6.07, 6.45) is 4.00. The molecule has 21 heavy (non-hydrogen) atoms. The third-order valence-corrected chi connectivity index (χ3v) is 4.70. The van der Waals surface area contributed by atoms with Crippen LogP contribution in [-0.4, -0.2) is 53.6 Å². The Balaban J connectivity index is 1.77. The topological polar surface area (TPSA) is 44.3 Å². The molecule has 3 rings (SSSR count). The van der Waals surface area contributed by atoms with Crippen molar-refractivity contribution in [1.82, 2.24) is 14.9 Å². The van der Waals surface area contributed by atoms with Crippen molar-refractivity contribution in [3.63, 3.8) is 0 Å². The standard InChI is InChI=1S/C16H27N5/c1-4-17-15-12(2)16(19-13(3)18-15)21-10-7-14(11-21)20-8-5-6-9-20/h14H,4-11H2,1-3H3,(H,17,18,19). The lowest BCUT2D eigenvalue weighted by Gasteiger charge is -2.25. The molecular weight excluding hydrogens is 262 g/mol. The summed E-state index contributed by atoms with van der Waals surface area (Å²) in [6.45, 7) is 11.9. The third-order valence-electron chi connectivity index (χ3n) is 4.70. The van der Waals surface area contributed by atoms with E-state index < -0.39 is 0 Å². The first-order chi connectivity index (χ1) is 10.2. The zero-order valence-corrected chi connectivity index (χ0v) is 13.5. The largest absolute Gasteiger partial charge is 0.370 e. The van der Waals surface area contributed by atoms with Crippen molar-refractivity contribution < 1.29 is 0 Å². The van der Waals surface area contributed by atoms with Gasteiger partial charge in [0, 0.05) is 31.2 Å². The molecule has 1 N–H and O–H groups in total. The van der Waals surface area contributed by atoms with Crippen LogP contribution in [-0.2, 0) is 0 Å². The second kappa shape index (κ2) is 6.18. The van der Waals surface area contributed by atoms with Crippen LogP contribution in [0.4, 0.5) is 11.6 Å². The molecule has 116 valence electrons. The number of nitrogens with one attached hydrogen (secondary N) is 1. The first-order valence-corrected chi connectivity index (χ1v) is 8.27. The molecule has 5 heteroatoms. The smallest absolute Gasteiger partial charge is 0.137 e. The maximum atomic E-state index is 4.71. The first kappa shape index (κ1) is 14.6. The maximum Gasteiger partial charge on any atom is 0.137 e. The fourth-order valence-corrected chi connectivity index (χ4v) is 3.60. The molecule has 1 unspecified atom stereocenters. The van der Waals surface area contributed by atoms with Crippen LogP contribution in [0.2, 0.25) is 0 Å². The van der Waals surface area contributed by atoms with Gasteiger partial charge in [0.05, 0.1) is 0 Å². The number of likely N-dealkylation sites (tertiary alicyclic amines) is 1. The van der Waals surface area contributed by atoms with E-state index in [1.54, 1.807) is 0 Å². The van der Waals surface area contributed by atoms with Crippen molar-refractivity contribution >= 4 is 11.6 Å². The highest BCUT2D eigenvalue weighted by Gasteiger charge is 2.31. The lowest BCUT2D eigenvalue weighted by atomic mass is 10.2. The van der Waals surface area contributed by atoms with Crippen molar-refractivity contribution in [2.75, 3.05) is 42.9 Å². The first-order valence-electron chi connectivity index (χ1n) is 8.27. The molecule has 0 radical (unpaired) electrons. The minimum Gasteiger partial charge on any atom is -0.370 e. The van der Waals surface area contributed by atoms with Crippen LogP contribution in [0.3, 0.4) is 0 Å². The van der Waals surface area contributed by atoms with Crippen molar-refractivity contribution in [2.24, 2.45) is 0 Å². The van der Waals surface area contributed by atoms with Crippen LogP contribution in [0.15, 0.2) is 0 Å². The van der Waals surface area contributed by atoms with Crippen molar-refractivity contribution in [2.45, 2.75) is 46.1 Å². The molecule has 1 aromatic heterocycles. The van der Waals surface area contributed by atoms with E-state index in [4.69, 9.17) is 4.98 Å². The summed E-state index contributed by atoms with van der Waals surface area (Å²) >= 11 is 0. The van der Waals surface area contributed by atoms with Crippen LogP contribution >= 0.6 is 0 Å². The van der Waals surface area contributed by atoms with Crippen molar-refractivity contribution in [3.05, 3.63) is 11.4 Å². The average molecular weight is 289 g/mol. The molecule has 5 nitrogen and oxygen atoms in total. The molecule has 0 aromatic carbocycles. The Morgan fingerprint density at radius 2 is 1.90 bits per heavy atom. The number of anilines is 2. The average Bonchev–Trinajstić information content (AvgIpc) is 3.12. The molecule has 2 aliphatic rings. The van der Waals surface area contributed by atoms with E-state index in [1.165, 1.54) is 37.9 Å². The lowest BCUT2D eigenvalue weighted by Crippen LogP contribution is -2.35. The lowest BCUT2D eigenvalue weighted by molar-refractivity contribution is 0.260. The Morgan fingerprint density at radius 1 is 1.14 bits per heavy atom. The number of hydrogen-bond donors (Lipinski definition) is 1. The van der Waals surface area contributed by atoms with Crippen LogP contribution in [0.1, 0.15) is 37.6 Å². The summed E-state index contributed by atoms with van der Waals surface area (Å²) in [5.41, 5.74) is 1.18. The SMILES string of the molecule is CCNc1nc(C)nc(N2CCC(N3CCCC3)C2)c1C. The molecule has 1 aromatic rings. The molecule has 0 spiro atoms. The van der Waals surface area contributed by atoms with Gasteiger partial charge in [-0.2, -0.15) is 0 Å². The summed E-state index contributed by atoms with van der Waals surface area (Å²) in [5, 5.41) is 3.36. The highest BCUT2D eigenvalue weighted by Crippen LogP contribution is 2.29. The minimum absolute atomic E-state index is 0.713. The Hall–Kier alpha value is -1.36. The zero-order valence-electron chi connectivity index (χ0n) is 13.5. The normalized spacial score (nSPS) is 23.0.